The number of rotatable bonds is 6. The van der Waals surface area contributed by atoms with Crippen LogP contribution >= 0.6 is 0 Å². The molecule has 32 heavy (non-hydrogen) atoms. The van der Waals surface area contributed by atoms with Crippen LogP contribution in [-0.4, -0.2) is 58.9 Å². The Morgan fingerprint density at radius 3 is 2.62 bits per heavy atom. The van der Waals surface area contributed by atoms with Gasteiger partial charge in [-0.1, -0.05) is 12.5 Å². The molecule has 2 fully saturated rings. The molecule has 1 aliphatic carbocycles. The summed E-state index contributed by atoms with van der Waals surface area (Å²) in [5, 5.41) is 11.9. The Balaban J connectivity index is 1.25. The van der Waals surface area contributed by atoms with Crippen LogP contribution in [0.5, 0.6) is 17.4 Å². The highest BCUT2D eigenvalue weighted by atomic mass is 16.7. The molecule has 10 heteroatoms. The third-order valence-electron chi connectivity index (χ3n) is 6.30. The highest BCUT2D eigenvalue weighted by Crippen LogP contribution is 2.36. The fourth-order valence-electron chi connectivity index (χ4n) is 4.59. The number of piperazine rings is 1. The van der Waals surface area contributed by atoms with E-state index in [-0.39, 0.29) is 24.5 Å². The summed E-state index contributed by atoms with van der Waals surface area (Å²) in [4.78, 5) is 24.2. The zero-order valence-corrected chi connectivity index (χ0v) is 17.9. The Kier molecular flexibility index (Phi) is 5.93. The molecule has 10 nitrogen and oxygen atoms in total. The molecule has 1 aromatic carbocycles. The second kappa shape index (κ2) is 9.15. The van der Waals surface area contributed by atoms with Crippen molar-refractivity contribution in [1.29, 1.82) is 0 Å². The highest BCUT2D eigenvalue weighted by Gasteiger charge is 2.32. The number of ether oxygens (including phenoxy) is 3. The molecule has 0 radical (unpaired) electrons. The summed E-state index contributed by atoms with van der Waals surface area (Å²) >= 11 is 0. The first kappa shape index (κ1) is 20.7. The average molecular weight is 441 g/mol. The van der Waals surface area contributed by atoms with Gasteiger partial charge in [0.15, 0.2) is 11.5 Å². The molecule has 0 amide bonds. The molecule has 0 N–H and O–H groups in total. The Morgan fingerprint density at radius 2 is 1.84 bits per heavy atom. The van der Waals surface area contributed by atoms with Crippen molar-refractivity contribution in [1.82, 2.24) is 14.9 Å². The first-order chi connectivity index (χ1) is 15.7. The Labute approximate surface area is 186 Å². The molecule has 1 aromatic heterocycles. The van der Waals surface area contributed by atoms with E-state index < -0.39 is 4.92 Å². The predicted molar refractivity (Wildman–Crippen MR) is 116 cm³/mol. The molecule has 2 aliphatic heterocycles. The summed E-state index contributed by atoms with van der Waals surface area (Å²) < 4.78 is 16.8. The van der Waals surface area contributed by atoms with E-state index in [2.05, 4.69) is 14.9 Å². The van der Waals surface area contributed by atoms with Crippen LogP contribution in [0.25, 0.3) is 0 Å². The Bertz CT molecular complexity index is 973. The topological polar surface area (TPSA) is 103 Å². The van der Waals surface area contributed by atoms with E-state index in [0.717, 1.165) is 62.4 Å². The molecule has 3 aliphatic rings. The summed E-state index contributed by atoms with van der Waals surface area (Å²) in [5.74, 6) is 2.00. The van der Waals surface area contributed by atoms with Crippen LogP contribution in [0.4, 0.5) is 11.5 Å². The lowest BCUT2D eigenvalue weighted by molar-refractivity contribution is -0.385. The van der Waals surface area contributed by atoms with Gasteiger partial charge in [0.25, 0.3) is 5.88 Å². The maximum absolute atomic E-state index is 11.9. The Hall–Kier alpha value is -3.14. The molecule has 0 atom stereocenters. The number of aromatic nitrogens is 2. The molecule has 3 heterocycles. The van der Waals surface area contributed by atoms with E-state index in [4.69, 9.17) is 14.2 Å². The second-order valence-corrected chi connectivity index (χ2v) is 8.44. The van der Waals surface area contributed by atoms with Gasteiger partial charge >= 0.3 is 5.69 Å². The molecule has 1 saturated heterocycles. The quantitative estimate of drug-likeness (QED) is 0.494. The molecule has 170 valence electrons. The average Bonchev–Trinajstić information content (AvgIpc) is 3.28. The van der Waals surface area contributed by atoms with Gasteiger partial charge in [-0.25, -0.2) is 4.98 Å². The van der Waals surface area contributed by atoms with Gasteiger partial charge in [-0.05, 0) is 43.4 Å². The van der Waals surface area contributed by atoms with Crippen molar-refractivity contribution in [2.45, 2.75) is 44.8 Å². The number of benzene rings is 1. The summed E-state index contributed by atoms with van der Waals surface area (Å²) in [6, 6.07) is 5.99. The first-order valence-corrected chi connectivity index (χ1v) is 11.2. The third kappa shape index (κ3) is 4.40. The van der Waals surface area contributed by atoms with Gasteiger partial charge in [0.1, 0.15) is 12.4 Å². The van der Waals surface area contributed by atoms with Gasteiger partial charge in [0.05, 0.1) is 4.92 Å². The lowest BCUT2D eigenvalue weighted by atomic mass is 9.98. The maximum atomic E-state index is 11.9. The molecular formula is C22H27N5O5. The fraction of sp³-hybridized carbons (Fsp3) is 0.545. The molecule has 0 unspecified atom stereocenters. The van der Waals surface area contributed by atoms with E-state index in [9.17, 15) is 10.1 Å². The van der Waals surface area contributed by atoms with Crippen molar-refractivity contribution >= 4 is 11.5 Å². The molecule has 0 spiro atoms. The lowest BCUT2D eigenvalue weighted by Crippen LogP contribution is -2.46. The van der Waals surface area contributed by atoms with E-state index in [1.807, 2.05) is 23.1 Å². The maximum Gasteiger partial charge on any atom is 0.372 e. The van der Waals surface area contributed by atoms with E-state index in [1.165, 1.54) is 12.7 Å². The number of hydrogen-bond donors (Lipinski definition) is 0. The van der Waals surface area contributed by atoms with Crippen molar-refractivity contribution in [2.24, 2.45) is 0 Å². The fourth-order valence-corrected chi connectivity index (χ4v) is 4.59. The Morgan fingerprint density at radius 1 is 1.06 bits per heavy atom. The molecule has 0 bridgehead atoms. The van der Waals surface area contributed by atoms with Crippen LogP contribution in [0.3, 0.4) is 0 Å². The van der Waals surface area contributed by atoms with Crippen molar-refractivity contribution in [3.63, 3.8) is 0 Å². The number of nitrogens with zero attached hydrogens (tertiary/aromatic N) is 5. The molecular weight excluding hydrogens is 414 g/mol. The van der Waals surface area contributed by atoms with Crippen LogP contribution in [0.2, 0.25) is 0 Å². The van der Waals surface area contributed by atoms with Gasteiger partial charge in [-0.15, -0.1) is 0 Å². The predicted octanol–water partition coefficient (Wildman–Crippen LogP) is 3.15. The largest absolute Gasteiger partial charge is 0.469 e. The van der Waals surface area contributed by atoms with Gasteiger partial charge in [0.2, 0.25) is 12.6 Å². The van der Waals surface area contributed by atoms with Crippen molar-refractivity contribution in [3.05, 3.63) is 40.2 Å². The smallest absolute Gasteiger partial charge is 0.372 e. The summed E-state index contributed by atoms with van der Waals surface area (Å²) in [6.07, 6.45) is 6.55. The molecule has 2 aromatic rings. The third-order valence-corrected chi connectivity index (χ3v) is 6.30. The van der Waals surface area contributed by atoms with Crippen molar-refractivity contribution in [2.75, 3.05) is 37.9 Å². The highest BCUT2D eigenvalue weighted by molar-refractivity contribution is 5.63. The summed E-state index contributed by atoms with van der Waals surface area (Å²) in [6.45, 7) is 3.88. The number of anilines is 1. The van der Waals surface area contributed by atoms with Gasteiger partial charge in [0, 0.05) is 32.7 Å². The van der Waals surface area contributed by atoms with Crippen molar-refractivity contribution < 1.29 is 19.1 Å². The van der Waals surface area contributed by atoms with E-state index in [0.29, 0.717) is 18.9 Å². The minimum atomic E-state index is -0.410. The van der Waals surface area contributed by atoms with Crippen molar-refractivity contribution in [3.8, 4) is 17.4 Å². The van der Waals surface area contributed by atoms with Gasteiger partial charge in [-0.3, -0.25) is 15.0 Å². The zero-order valence-electron chi connectivity index (χ0n) is 17.9. The molecule has 1 saturated carbocycles. The zero-order chi connectivity index (χ0) is 21.9. The van der Waals surface area contributed by atoms with Crippen LogP contribution in [0.15, 0.2) is 24.5 Å². The second-order valence-electron chi connectivity index (χ2n) is 8.44. The van der Waals surface area contributed by atoms with Crippen LogP contribution in [0, 0.1) is 10.1 Å². The van der Waals surface area contributed by atoms with Crippen LogP contribution in [-0.2, 0) is 6.54 Å². The first-order valence-electron chi connectivity index (χ1n) is 11.2. The summed E-state index contributed by atoms with van der Waals surface area (Å²) in [5.41, 5.74) is 1.03. The standard InChI is InChI=1S/C22H27N5O5/c28-27(29)20-21(23-14-24-22(20)32-17-4-2-1-3-5-17)26-10-8-25(9-11-26)13-16-6-7-18-19(12-16)31-15-30-18/h6-7,12,14,17H,1-5,8-11,13,15H2. The summed E-state index contributed by atoms with van der Waals surface area (Å²) in [7, 11) is 0. The van der Waals surface area contributed by atoms with Gasteiger partial charge < -0.3 is 19.1 Å². The SMILES string of the molecule is O=[N+]([O-])c1c(OC2CCCCC2)ncnc1N1CCN(Cc2ccc3c(c2)OCO3)CC1. The molecule has 5 rings (SSSR count). The lowest BCUT2D eigenvalue weighted by Gasteiger charge is -2.35. The van der Waals surface area contributed by atoms with E-state index >= 15 is 0 Å². The van der Waals surface area contributed by atoms with Gasteiger partial charge in [-0.2, -0.15) is 4.98 Å². The van der Waals surface area contributed by atoms with Crippen LogP contribution in [0.1, 0.15) is 37.7 Å². The van der Waals surface area contributed by atoms with Crippen LogP contribution < -0.4 is 19.1 Å². The number of hydrogen-bond acceptors (Lipinski definition) is 9. The number of fused-ring (bicyclic) bond motifs is 1. The monoisotopic (exact) mass is 441 g/mol. The van der Waals surface area contributed by atoms with E-state index in [1.54, 1.807) is 0 Å². The minimum absolute atomic E-state index is 0.0104. The number of nitro groups is 1. The minimum Gasteiger partial charge on any atom is -0.469 e. The normalized spacial score (nSPS) is 19.2.